The van der Waals surface area contributed by atoms with Crippen molar-refractivity contribution >= 4 is 41.3 Å². The van der Waals surface area contributed by atoms with Crippen molar-refractivity contribution in [1.29, 1.82) is 0 Å². The van der Waals surface area contributed by atoms with Gasteiger partial charge < -0.3 is 10.4 Å². The molecule has 0 bridgehead atoms. The molecule has 1 aromatic heterocycles. The van der Waals surface area contributed by atoms with Gasteiger partial charge in [0, 0.05) is 18.6 Å². The Kier molecular flexibility index (Phi) is 5.77. The number of nitrogens with one attached hydrogen (secondary N) is 1. The molecule has 2 aromatic rings. The van der Waals surface area contributed by atoms with Gasteiger partial charge in [0.05, 0.1) is 6.42 Å². The molecule has 3 heterocycles. The summed E-state index contributed by atoms with van der Waals surface area (Å²) in [6.07, 6.45) is 0.164. The summed E-state index contributed by atoms with van der Waals surface area (Å²) < 4.78 is 1.50. The molecule has 2 N–H and O–H groups in total. The van der Waals surface area contributed by atoms with Crippen LogP contribution in [0.25, 0.3) is 0 Å². The first-order valence-electron chi connectivity index (χ1n) is 9.04. The van der Waals surface area contributed by atoms with Crippen LogP contribution in [0.5, 0.6) is 0 Å². The maximum atomic E-state index is 12.7. The number of carbonyl (C=O) groups is 3. The molecule has 0 aliphatic carbocycles. The molecule has 4 rings (SSSR count). The molecule has 2 aliphatic rings. The molecule has 12 heteroatoms. The van der Waals surface area contributed by atoms with Gasteiger partial charge in [-0.1, -0.05) is 42.1 Å². The second-order valence-corrected chi connectivity index (χ2v) is 8.80. The molecule has 2 amide bonds. The monoisotopic (exact) mass is 446 g/mol. The van der Waals surface area contributed by atoms with E-state index < -0.39 is 23.3 Å². The molecule has 2 atom stereocenters. The Morgan fingerprint density at radius 1 is 1.33 bits per heavy atom. The number of tetrazole rings is 1. The Hall–Kier alpha value is -2.86. The lowest BCUT2D eigenvalue weighted by Crippen LogP contribution is -2.70. The van der Waals surface area contributed by atoms with Crippen molar-refractivity contribution in [3.05, 3.63) is 47.2 Å². The summed E-state index contributed by atoms with van der Waals surface area (Å²) in [5.41, 5.74) is 1.46. The number of aromatic nitrogens is 4. The first-order chi connectivity index (χ1) is 14.5. The molecule has 10 nitrogen and oxygen atoms in total. The van der Waals surface area contributed by atoms with Crippen LogP contribution in [0.4, 0.5) is 0 Å². The molecular weight excluding hydrogens is 428 g/mol. The number of β-lactam (4-membered cyclic amide) rings is 1. The lowest BCUT2D eigenvalue weighted by atomic mass is 10.0. The smallest absolute Gasteiger partial charge is 0.352 e. The third-order valence-corrected chi connectivity index (χ3v) is 7.17. The lowest BCUT2D eigenvalue weighted by molar-refractivity contribution is -0.150. The summed E-state index contributed by atoms with van der Waals surface area (Å²) in [4.78, 5) is 38.2. The van der Waals surface area contributed by atoms with E-state index >= 15 is 0 Å². The number of thioether (sulfide) groups is 2. The van der Waals surface area contributed by atoms with Crippen LogP contribution in [-0.4, -0.2) is 70.9 Å². The number of hydrogen-bond acceptors (Lipinski definition) is 8. The van der Waals surface area contributed by atoms with Gasteiger partial charge in [0.1, 0.15) is 17.1 Å². The van der Waals surface area contributed by atoms with Gasteiger partial charge in [-0.2, -0.15) is 0 Å². The van der Waals surface area contributed by atoms with Crippen molar-refractivity contribution in [2.45, 2.75) is 23.0 Å². The minimum absolute atomic E-state index is 0.0139. The Morgan fingerprint density at radius 2 is 2.10 bits per heavy atom. The summed E-state index contributed by atoms with van der Waals surface area (Å²) in [7, 11) is 1.70. The second kappa shape index (κ2) is 8.48. The van der Waals surface area contributed by atoms with E-state index in [4.69, 9.17) is 0 Å². The summed E-state index contributed by atoms with van der Waals surface area (Å²) in [5.74, 6) is -1.04. The normalized spacial score (nSPS) is 20.6. The van der Waals surface area contributed by atoms with E-state index in [0.717, 1.165) is 5.56 Å². The van der Waals surface area contributed by atoms with E-state index in [1.807, 2.05) is 30.3 Å². The van der Waals surface area contributed by atoms with Gasteiger partial charge in [-0.05, 0) is 21.6 Å². The minimum atomic E-state index is -1.16. The van der Waals surface area contributed by atoms with Crippen LogP contribution in [0.1, 0.15) is 5.56 Å². The number of aliphatic carboxylic acids is 1. The third kappa shape index (κ3) is 3.92. The predicted octanol–water partition coefficient (Wildman–Crippen LogP) is 0.284. The molecule has 156 valence electrons. The molecule has 1 saturated heterocycles. The standard InChI is InChI=1S/C18H18N6O4S2/c1-23-18(20-21-22-23)30-9-11-8-29-16-13(15(26)24(16)14(11)17(27)28)19-12(25)7-10-5-3-2-4-6-10/h2-6,13,16H,7-9H2,1H3,(H,19,25)(H,27,28). The van der Waals surface area contributed by atoms with Crippen LogP contribution in [0.15, 0.2) is 46.8 Å². The third-order valence-electron chi connectivity index (χ3n) is 4.73. The number of aryl methyl sites for hydroxylation is 1. The van der Waals surface area contributed by atoms with E-state index in [1.165, 1.54) is 33.1 Å². The highest BCUT2D eigenvalue weighted by atomic mass is 32.2. The van der Waals surface area contributed by atoms with Crippen LogP contribution < -0.4 is 5.32 Å². The number of fused-ring (bicyclic) bond motifs is 1. The van der Waals surface area contributed by atoms with Crippen LogP contribution in [-0.2, 0) is 27.9 Å². The zero-order valence-corrected chi connectivity index (χ0v) is 17.5. The van der Waals surface area contributed by atoms with E-state index in [1.54, 1.807) is 7.05 Å². The van der Waals surface area contributed by atoms with Crippen LogP contribution >= 0.6 is 23.5 Å². The second-order valence-electron chi connectivity index (χ2n) is 6.75. The summed E-state index contributed by atoms with van der Waals surface area (Å²) in [5, 5.41) is 23.8. The number of carboxylic acid groups (broad SMARTS) is 1. The fourth-order valence-corrected chi connectivity index (χ4v) is 5.63. The van der Waals surface area contributed by atoms with Gasteiger partial charge >= 0.3 is 5.97 Å². The van der Waals surface area contributed by atoms with E-state index in [2.05, 4.69) is 20.8 Å². The van der Waals surface area contributed by atoms with Crippen molar-refractivity contribution in [2.24, 2.45) is 7.05 Å². The first-order valence-corrected chi connectivity index (χ1v) is 11.1. The van der Waals surface area contributed by atoms with Gasteiger partial charge in [-0.25, -0.2) is 9.48 Å². The first kappa shape index (κ1) is 20.4. The molecular formula is C18H18N6O4S2. The number of hydrogen-bond donors (Lipinski definition) is 2. The van der Waals surface area contributed by atoms with Gasteiger partial charge in [0.2, 0.25) is 11.1 Å². The minimum Gasteiger partial charge on any atom is -0.477 e. The maximum Gasteiger partial charge on any atom is 0.352 e. The van der Waals surface area contributed by atoms with Crippen molar-refractivity contribution in [3.63, 3.8) is 0 Å². The molecule has 1 fully saturated rings. The van der Waals surface area contributed by atoms with Gasteiger partial charge in [-0.15, -0.1) is 16.9 Å². The Labute approximate surface area is 180 Å². The number of nitrogens with zero attached hydrogens (tertiary/aromatic N) is 5. The van der Waals surface area contributed by atoms with Crippen LogP contribution in [0.2, 0.25) is 0 Å². The highest BCUT2D eigenvalue weighted by Gasteiger charge is 2.54. The highest BCUT2D eigenvalue weighted by molar-refractivity contribution is 8.01. The number of amides is 2. The highest BCUT2D eigenvalue weighted by Crippen LogP contribution is 2.41. The topological polar surface area (TPSA) is 130 Å². The average Bonchev–Trinajstić information content (AvgIpc) is 3.15. The Morgan fingerprint density at radius 3 is 2.77 bits per heavy atom. The zero-order valence-electron chi connectivity index (χ0n) is 15.9. The Balaban J connectivity index is 1.44. The molecule has 30 heavy (non-hydrogen) atoms. The molecule has 2 unspecified atom stereocenters. The summed E-state index contributed by atoms with van der Waals surface area (Å²) in [6, 6.07) is 8.51. The quantitative estimate of drug-likeness (QED) is 0.455. The fraction of sp³-hybridized carbons (Fsp3) is 0.333. The van der Waals surface area contributed by atoms with E-state index in [0.29, 0.717) is 22.2 Å². The van der Waals surface area contributed by atoms with Gasteiger partial charge in [0.25, 0.3) is 5.91 Å². The molecule has 0 radical (unpaired) electrons. The molecule has 1 aromatic carbocycles. The van der Waals surface area contributed by atoms with Gasteiger partial charge in [-0.3, -0.25) is 14.5 Å². The van der Waals surface area contributed by atoms with E-state index in [-0.39, 0.29) is 18.0 Å². The average molecular weight is 447 g/mol. The van der Waals surface area contributed by atoms with Crippen molar-refractivity contribution in [2.75, 3.05) is 11.5 Å². The number of benzene rings is 1. The summed E-state index contributed by atoms with van der Waals surface area (Å²) >= 11 is 2.75. The van der Waals surface area contributed by atoms with Crippen molar-refractivity contribution in [3.8, 4) is 0 Å². The van der Waals surface area contributed by atoms with Crippen molar-refractivity contribution in [1.82, 2.24) is 30.4 Å². The Bertz CT molecular complexity index is 1020. The van der Waals surface area contributed by atoms with Crippen molar-refractivity contribution < 1.29 is 19.5 Å². The van der Waals surface area contributed by atoms with Crippen LogP contribution in [0.3, 0.4) is 0 Å². The number of carboxylic acids is 1. The predicted molar refractivity (Wildman–Crippen MR) is 109 cm³/mol. The fourth-order valence-electron chi connectivity index (χ4n) is 3.30. The van der Waals surface area contributed by atoms with Crippen LogP contribution in [0, 0.1) is 0 Å². The molecule has 0 saturated carbocycles. The SMILES string of the molecule is Cn1nnnc1SCC1=C(C(=O)O)N2C(=O)C(NC(=O)Cc3ccccc3)C2SC1. The molecule has 2 aliphatic heterocycles. The zero-order chi connectivity index (χ0) is 21.3. The number of rotatable bonds is 7. The summed E-state index contributed by atoms with van der Waals surface area (Å²) in [6.45, 7) is 0. The number of carbonyl (C=O) groups excluding carboxylic acids is 2. The maximum absolute atomic E-state index is 12.7. The largest absolute Gasteiger partial charge is 0.477 e. The molecule has 0 spiro atoms. The lowest BCUT2D eigenvalue weighted by Gasteiger charge is -2.49. The van der Waals surface area contributed by atoms with Gasteiger partial charge in [0.15, 0.2) is 0 Å². The van der Waals surface area contributed by atoms with E-state index in [9.17, 15) is 19.5 Å².